The van der Waals surface area contributed by atoms with Crippen molar-refractivity contribution < 1.29 is 13.6 Å². The van der Waals surface area contributed by atoms with Crippen LogP contribution >= 0.6 is 0 Å². The molecule has 0 bridgehead atoms. The van der Waals surface area contributed by atoms with Crippen molar-refractivity contribution in [2.75, 3.05) is 0 Å². The van der Waals surface area contributed by atoms with E-state index >= 15 is 0 Å². The highest BCUT2D eigenvalue weighted by molar-refractivity contribution is 5.97. The smallest absolute Gasteiger partial charge is 0.167 e. The number of benzene rings is 2. The molecular weight excluding hydrogens is 298 g/mol. The van der Waals surface area contributed by atoms with Gasteiger partial charge < -0.3 is 0 Å². The minimum absolute atomic E-state index is 0.100. The van der Waals surface area contributed by atoms with Gasteiger partial charge in [0.15, 0.2) is 11.6 Å². The third-order valence-electron chi connectivity index (χ3n) is 3.35. The maximum Gasteiger partial charge on any atom is 0.167 e. The molecule has 3 aromatic rings. The van der Waals surface area contributed by atoms with Crippen molar-refractivity contribution in [2.45, 2.75) is 6.42 Å². The lowest BCUT2D eigenvalue weighted by atomic mass is 10.1. The van der Waals surface area contributed by atoms with Gasteiger partial charge in [-0.1, -0.05) is 12.1 Å². The summed E-state index contributed by atoms with van der Waals surface area (Å²) in [4.78, 5) is 20.3. The third-order valence-corrected chi connectivity index (χ3v) is 3.35. The Morgan fingerprint density at radius 1 is 0.913 bits per heavy atom. The van der Waals surface area contributed by atoms with Crippen molar-refractivity contribution >= 4 is 5.78 Å². The lowest BCUT2D eigenvalue weighted by Crippen LogP contribution is -2.05. The Kier molecular flexibility index (Phi) is 4.19. The van der Waals surface area contributed by atoms with E-state index in [-0.39, 0.29) is 23.8 Å². The van der Waals surface area contributed by atoms with Gasteiger partial charge in [0.1, 0.15) is 11.6 Å². The molecule has 0 radical (unpaired) electrons. The highest BCUT2D eigenvalue weighted by atomic mass is 19.1. The second kappa shape index (κ2) is 6.44. The molecule has 0 aliphatic carbocycles. The summed E-state index contributed by atoms with van der Waals surface area (Å²) >= 11 is 0. The summed E-state index contributed by atoms with van der Waals surface area (Å²) in [7, 11) is 0. The molecule has 5 heteroatoms. The molecule has 0 saturated carbocycles. The summed E-state index contributed by atoms with van der Waals surface area (Å²) in [6.45, 7) is 0. The largest absolute Gasteiger partial charge is 0.294 e. The zero-order valence-corrected chi connectivity index (χ0v) is 12.0. The Balaban J connectivity index is 1.76. The second-order valence-corrected chi connectivity index (χ2v) is 5.00. The number of rotatable bonds is 4. The van der Waals surface area contributed by atoms with Crippen LogP contribution in [0.4, 0.5) is 8.78 Å². The number of carbonyl (C=O) groups is 1. The van der Waals surface area contributed by atoms with Crippen LogP contribution in [0.25, 0.3) is 11.4 Å². The second-order valence-electron chi connectivity index (χ2n) is 5.00. The van der Waals surface area contributed by atoms with E-state index in [1.165, 1.54) is 42.7 Å². The lowest BCUT2D eigenvalue weighted by molar-refractivity contribution is 0.0992. The molecule has 3 rings (SSSR count). The number of halogens is 2. The van der Waals surface area contributed by atoms with Crippen LogP contribution < -0.4 is 0 Å². The molecule has 0 aliphatic rings. The van der Waals surface area contributed by atoms with E-state index in [0.717, 1.165) is 0 Å². The van der Waals surface area contributed by atoms with E-state index in [2.05, 4.69) is 9.97 Å². The number of nitrogens with zero attached hydrogens (tertiary/aromatic N) is 2. The lowest BCUT2D eigenvalue weighted by Gasteiger charge is -2.04. The summed E-state index contributed by atoms with van der Waals surface area (Å²) in [5, 5.41) is 0. The van der Waals surface area contributed by atoms with Crippen molar-refractivity contribution in [3.8, 4) is 11.4 Å². The molecule has 0 spiro atoms. The maximum atomic E-state index is 13.7. The van der Waals surface area contributed by atoms with Gasteiger partial charge in [-0.3, -0.25) is 4.79 Å². The molecular formula is C18H12F2N2O. The normalized spacial score (nSPS) is 10.5. The Morgan fingerprint density at radius 3 is 2.22 bits per heavy atom. The predicted octanol–water partition coefficient (Wildman–Crippen LogP) is 3.85. The number of hydrogen-bond donors (Lipinski definition) is 0. The van der Waals surface area contributed by atoms with E-state index in [9.17, 15) is 13.6 Å². The van der Waals surface area contributed by atoms with Crippen molar-refractivity contribution in [2.24, 2.45) is 0 Å². The highest BCUT2D eigenvalue weighted by Crippen LogP contribution is 2.18. The van der Waals surface area contributed by atoms with Crippen LogP contribution in [0.15, 0.2) is 60.9 Å². The SMILES string of the molecule is O=C(Cc1cnc(-c2ccccc2F)nc1)c1ccc(F)cc1. The van der Waals surface area contributed by atoms with Gasteiger partial charge >= 0.3 is 0 Å². The zero-order valence-electron chi connectivity index (χ0n) is 12.0. The molecule has 0 unspecified atom stereocenters. The van der Waals surface area contributed by atoms with Gasteiger partial charge in [0, 0.05) is 24.4 Å². The van der Waals surface area contributed by atoms with E-state index in [1.807, 2.05) is 0 Å². The number of hydrogen-bond acceptors (Lipinski definition) is 3. The number of Topliss-reactive ketones (excluding diaryl/α,β-unsaturated/α-hetero) is 1. The maximum absolute atomic E-state index is 13.7. The first-order chi connectivity index (χ1) is 11.1. The monoisotopic (exact) mass is 310 g/mol. The van der Waals surface area contributed by atoms with Gasteiger partial charge in [-0.15, -0.1) is 0 Å². The van der Waals surface area contributed by atoms with Crippen LogP contribution in [-0.4, -0.2) is 15.8 Å². The van der Waals surface area contributed by atoms with Gasteiger partial charge in [0.2, 0.25) is 0 Å². The molecule has 1 heterocycles. The fourth-order valence-electron chi connectivity index (χ4n) is 2.15. The average Bonchev–Trinajstić information content (AvgIpc) is 2.57. The first-order valence-electron chi connectivity index (χ1n) is 6.98. The molecule has 0 amide bonds. The molecule has 0 aliphatic heterocycles. The number of ketones is 1. The minimum Gasteiger partial charge on any atom is -0.294 e. The third kappa shape index (κ3) is 3.45. The summed E-state index contributed by atoms with van der Waals surface area (Å²) in [6.07, 6.45) is 3.09. The predicted molar refractivity (Wildman–Crippen MR) is 81.9 cm³/mol. The summed E-state index contributed by atoms with van der Waals surface area (Å²) in [6, 6.07) is 11.6. The fourth-order valence-corrected chi connectivity index (χ4v) is 2.15. The Morgan fingerprint density at radius 2 is 1.57 bits per heavy atom. The zero-order chi connectivity index (χ0) is 16.2. The van der Waals surface area contributed by atoms with Crippen LogP contribution in [0.5, 0.6) is 0 Å². The van der Waals surface area contributed by atoms with Crippen LogP contribution in [0.3, 0.4) is 0 Å². The fraction of sp³-hybridized carbons (Fsp3) is 0.0556. The molecule has 114 valence electrons. The topological polar surface area (TPSA) is 42.9 Å². The van der Waals surface area contributed by atoms with Crippen molar-refractivity contribution in [1.29, 1.82) is 0 Å². The van der Waals surface area contributed by atoms with E-state index < -0.39 is 5.82 Å². The van der Waals surface area contributed by atoms with Crippen LogP contribution in [0.1, 0.15) is 15.9 Å². The quantitative estimate of drug-likeness (QED) is 0.688. The summed E-state index contributed by atoms with van der Waals surface area (Å²) in [5.41, 5.74) is 1.34. The van der Waals surface area contributed by atoms with E-state index in [0.29, 0.717) is 16.7 Å². The Bertz CT molecular complexity index is 830. The Hall–Kier alpha value is -2.95. The molecule has 0 fully saturated rings. The molecule has 3 nitrogen and oxygen atoms in total. The summed E-state index contributed by atoms with van der Waals surface area (Å²) in [5.74, 6) is -0.685. The molecule has 23 heavy (non-hydrogen) atoms. The first-order valence-corrected chi connectivity index (χ1v) is 6.98. The Labute approximate surface area is 131 Å². The van der Waals surface area contributed by atoms with Crippen molar-refractivity contribution in [3.05, 3.63) is 83.7 Å². The van der Waals surface area contributed by atoms with Crippen molar-refractivity contribution in [3.63, 3.8) is 0 Å². The molecule has 0 atom stereocenters. The van der Waals surface area contributed by atoms with E-state index in [1.54, 1.807) is 18.2 Å². The van der Waals surface area contributed by atoms with Gasteiger partial charge in [-0.05, 0) is 42.0 Å². The average molecular weight is 310 g/mol. The van der Waals surface area contributed by atoms with Crippen LogP contribution in [0.2, 0.25) is 0 Å². The number of carbonyl (C=O) groups excluding carboxylic acids is 1. The van der Waals surface area contributed by atoms with Crippen LogP contribution in [0, 0.1) is 11.6 Å². The number of aromatic nitrogens is 2. The van der Waals surface area contributed by atoms with Gasteiger partial charge in [0.05, 0.1) is 5.56 Å². The molecule has 0 saturated heterocycles. The molecule has 1 aromatic heterocycles. The minimum atomic E-state index is -0.400. The standard InChI is InChI=1S/C18H12F2N2O/c19-14-7-5-13(6-8-14)17(23)9-12-10-21-18(22-11-12)15-3-1-2-4-16(15)20/h1-8,10-11H,9H2. The molecule has 2 aromatic carbocycles. The van der Waals surface area contributed by atoms with E-state index in [4.69, 9.17) is 0 Å². The van der Waals surface area contributed by atoms with Crippen molar-refractivity contribution in [1.82, 2.24) is 9.97 Å². The summed E-state index contributed by atoms with van der Waals surface area (Å²) < 4.78 is 26.5. The highest BCUT2D eigenvalue weighted by Gasteiger charge is 2.10. The molecule has 0 N–H and O–H groups in total. The van der Waals surface area contributed by atoms with Gasteiger partial charge in [-0.25, -0.2) is 18.7 Å². The van der Waals surface area contributed by atoms with Gasteiger partial charge in [-0.2, -0.15) is 0 Å². The van der Waals surface area contributed by atoms with Gasteiger partial charge in [0.25, 0.3) is 0 Å². The van der Waals surface area contributed by atoms with Crippen LogP contribution in [-0.2, 0) is 6.42 Å². The first kappa shape index (κ1) is 15.0.